The number of hydrogen-bond acceptors (Lipinski definition) is 4. The molecule has 1 rings (SSSR count). The van der Waals surface area contributed by atoms with Crippen molar-refractivity contribution in [1.29, 1.82) is 0 Å². The molecule has 0 saturated carbocycles. The molecule has 18 heavy (non-hydrogen) atoms. The highest BCUT2D eigenvalue weighted by molar-refractivity contribution is 8.00. The van der Waals surface area contributed by atoms with E-state index >= 15 is 0 Å². The summed E-state index contributed by atoms with van der Waals surface area (Å²) in [5, 5.41) is 17.9. The quantitative estimate of drug-likeness (QED) is 0.782. The van der Waals surface area contributed by atoms with Crippen molar-refractivity contribution in [2.45, 2.75) is 25.3 Å². The molecule has 0 aromatic carbocycles. The van der Waals surface area contributed by atoms with Gasteiger partial charge in [-0.15, -0.1) is 11.8 Å². The van der Waals surface area contributed by atoms with E-state index in [1.165, 1.54) is 21.6 Å². The summed E-state index contributed by atoms with van der Waals surface area (Å²) < 4.78 is 0. The Morgan fingerprint density at radius 2 is 2.11 bits per heavy atom. The molecule has 0 aliphatic carbocycles. The van der Waals surface area contributed by atoms with Crippen molar-refractivity contribution in [3.8, 4) is 0 Å². The molecule has 2 unspecified atom stereocenters. The highest BCUT2D eigenvalue weighted by Gasteiger charge is 2.43. The van der Waals surface area contributed by atoms with Crippen molar-refractivity contribution < 1.29 is 19.8 Å². The van der Waals surface area contributed by atoms with Crippen LogP contribution in [-0.4, -0.2) is 69.4 Å². The number of likely N-dealkylation sites (N-methyl/N-ethyl adjacent to an activating group) is 1. The van der Waals surface area contributed by atoms with Gasteiger partial charge in [-0.1, -0.05) is 13.8 Å². The number of aliphatic hydroxyl groups excluding tert-OH is 1. The second-order valence-corrected chi connectivity index (χ2v) is 5.81. The van der Waals surface area contributed by atoms with Crippen LogP contribution in [0.1, 0.15) is 13.8 Å². The van der Waals surface area contributed by atoms with E-state index in [9.17, 15) is 9.59 Å². The second kappa shape index (κ2) is 6.29. The maximum Gasteiger partial charge on any atom is 0.327 e. The Morgan fingerprint density at radius 1 is 1.50 bits per heavy atom. The largest absolute Gasteiger partial charge is 0.480 e. The fraction of sp³-hybridized carbons (Fsp3) is 0.818. The molecule has 0 aromatic heterocycles. The third-order valence-electron chi connectivity index (χ3n) is 2.87. The molecule has 2 N–H and O–H groups in total. The fourth-order valence-corrected chi connectivity index (χ4v) is 3.38. The van der Waals surface area contributed by atoms with E-state index < -0.39 is 12.0 Å². The minimum absolute atomic E-state index is 0.125. The monoisotopic (exact) mass is 276 g/mol. The van der Waals surface area contributed by atoms with Crippen LogP contribution < -0.4 is 0 Å². The number of carboxylic acid groups (broad SMARTS) is 1. The van der Waals surface area contributed by atoms with Crippen LogP contribution in [0.4, 0.5) is 4.79 Å². The smallest absolute Gasteiger partial charge is 0.327 e. The minimum atomic E-state index is -0.976. The Balaban J connectivity index is 2.89. The molecular formula is C11H20N2O4S. The van der Waals surface area contributed by atoms with Gasteiger partial charge >= 0.3 is 12.0 Å². The Morgan fingerprint density at radius 3 is 2.56 bits per heavy atom. The van der Waals surface area contributed by atoms with E-state index in [1.54, 1.807) is 7.05 Å². The Kier molecular flexibility index (Phi) is 5.28. The molecule has 104 valence electrons. The summed E-state index contributed by atoms with van der Waals surface area (Å²) in [7, 11) is 1.57. The standard InChI is InChI=1S/C11H20N2O4S/c1-7(2)9-13(8(6-18-9)10(15)16)11(17)12(3)4-5-14/h7-9,14H,4-6H2,1-3H3,(H,15,16). The number of carbonyl (C=O) groups is 2. The first-order valence-corrected chi connectivity index (χ1v) is 6.93. The average Bonchev–Trinajstić information content (AvgIpc) is 2.72. The van der Waals surface area contributed by atoms with Gasteiger partial charge in [0.1, 0.15) is 6.04 Å². The summed E-state index contributed by atoms with van der Waals surface area (Å²) in [5.41, 5.74) is 0. The van der Waals surface area contributed by atoms with Crippen LogP contribution in [0.15, 0.2) is 0 Å². The van der Waals surface area contributed by atoms with Gasteiger partial charge in [0, 0.05) is 19.3 Å². The Hall–Kier alpha value is -0.950. The zero-order valence-electron chi connectivity index (χ0n) is 10.9. The summed E-state index contributed by atoms with van der Waals surface area (Å²) in [6, 6.07) is -1.11. The van der Waals surface area contributed by atoms with E-state index in [1.807, 2.05) is 13.8 Å². The van der Waals surface area contributed by atoms with Gasteiger partial charge in [0.25, 0.3) is 0 Å². The normalized spacial score (nSPS) is 23.5. The number of nitrogens with zero attached hydrogens (tertiary/aromatic N) is 2. The van der Waals surface area contributed by atoms with Crippen molar-refractivity contribution in [3.05, 3.63) is 0 Å². The van der Waals surface area contributed by atoms with Gasteiger partial charge in [-0.3, -0.25) is 4.90 Å². The van der Waals surface area contributed by atoms with Crippen LogP contribution in [0.25, 0.3) is 0 Å². The van der Waals surface area contributed by atoms with Crippen molar-refractivity contribution in [1.82, 2.24) is 9.80 Å². The first-order valence-electron chi connectivity index (χ1n) is 5.88. The van der Waals surface area contributed by atoms with Crippen molar-refractivity contribution in [3.63, 3.8) is 0 Å². The lowest BCUT2D eigenvalue weighted by Crippen LogP contribution is -2.52. The lowest BCUT2D eigenvalue weighted by molar-refractivity contribution is -0.141. The molecule has 1 aliphatic rings. The lowest BCUT2D eigenvalue weighted by atomic mass is 10.1. The van der Waals surface area contributed by atoms with Crippen LogP contribution >= 0.6 is 11.8 Å². The second-order valence-electron chi connectivity index (χ2n) is 4.66. The van der Waals surface area contributed by atoms with Gasteiger partial charge < -0.3 is 15.1 Å². The number of thioether (sulfide) groups is 1. The van der Waals surface area contributed by atoms with Crippen LogP contribution in [0.2, 0.25) is 0 Å². The highest BCUT2D eigenvalue weighted by Crippen LogP contribution is 2.34. The molecule has 0 bridgehead atoms. The van der Waals surface area contributed by atoms with Gasteiger partial charge in [0.2, 0.25) is 0 Å². The third kappa shape index (κ3) is 3.08. The SMILES string of the molecule is CC(C)C1SCC(C(=O)O)N1C(=O)N(C)CCO. The maximum absolute atomic E-state index is 12.2. The van der Waals surface area contributed by atoms with E-state index in [-0.39, 0.29) is 30.5 Å². The molecule has 7 heteroatoms. The molecule has 1 heterocycles. The Labute approximate surface area is 111 Å². The molecule has 1 aliphatic heterocycles. The summed E-state index contributed by atoms with van der Waals surface area (Å²) in [5.74, 6) is -0.376. The molecule has 2 atom stereocenters. The van der Waals surface area contributed by atoms with Crippen LogP contribution in [0.3, 0.4) is 0 Å². The van der Waals surface area contributed by atoms with E-state index in [0.29, 0.717) is 5.75 Å². The van der Waals surface area contributed by atoms with Gasteiger partial charge in [0.05, 0.1) is 12.0 Å². The first-order chi connectivity index (χ1) is 8.40. The van der Waals surface area contributed by atoms with E-state index in [0.717, 1.165) is 0 Å². The molecule has 2 amide bonds. The number of amides is 2. The maximum atomic E-state index is 12.2. The topological polar surface area (TPSA) is 81.1 Å². The van der Waals surface area contributed by atoms with Gasteiger partial charge in [-0.25, -0.2) is 9.59 Å². The van der Waals surface area contributed by atoms with Gasteiger partial charge in [-0.05, 0) is 5.92 Å². The number of aliphatic hydroxyl groups is 1. The lowest BCUT2D eigenvalue weighted by Gasteiger charge is -2.33. The zero-order chi connectivity index (χ0) is 13.9. The first kappa shape index (κ1) is 15.1. The van der Waals surface area contributed by atoms with E-state index in [2.05, 4.69) is 0 Å². The summed E-state index contributed by atoms with van der Waals surface area (Å²) in [6.07, 6.45) is 0. The Bertz CT molecular complexity index is 324. The van der Waals surface area contributed by atoms with Crippen molar-refractivity contribution in [2.24, 2.45) is 5.92 Å². The molecule has 1 fully saturated rings. The predicted octanol–water partition coefficient (Wildman–Crippen LogP) is 0.515. The van der Waals surface area contributed by atoms with Crippen molar-refractivity contribution >= 4 is 23.8 Å². The summed E-state index contributed by atoms with van der Waals surface area (Å²) in [6.45, 7) is 4.01. The molecule has 6 nitrogen and oxygen atoms in total. The molecule has 0 radical (unpaired) electrons. The van der Waals surface area contributed by atoms with Crippen LogP contribution in [0, 0.1) is 5.92 Å². The average molecular weight is 276 g/mol. The number of urea groups is 1. The van der Waals surface area contributed by atoms with Crippen molar-refractivity contribution in [2.75, 3.05) is 26.0 Å². The van der Waals surface area contributed by atoms with Crippen LogP contribution in [0.5, 0.6) is 0 Å². The highest BCUT2D eigenvalue weighted by atomic mass is 32.2. The van der Waals surface area contributed by atoms with Gasteiger partial charge in [-0.2, -0.15) is 0 Å². The molecule has 0 spiro atoms. The zero-order valence-corrected chi connectivity index (χ0v) is 11.7. The van der Waals surface area contributed by atoms with Gasteiger partial charge in [0.15, 0.2) is 0 Å². The molecule has 1 saturated heterocycles. The number of carbonyl (C=O) groups excluding carboxylic acids is 1. The third-order valence-corrected chi connectivity index (χ3v) is 4.49. The number of rotatable bonds is 4. The summed E-state index contributed by atoms with van der Waals surface area (Å²) >= 11 is 1.49. The fourth-order valence-electron chi connectivity index (χ4n) is 1.92. The van der Waals surface area contributed by atoms with E-state index in [4.69, 9.17) is 10.2 Å². The predicted molar refractivity (Wildman–Crippen MR) is 69.5 cm³/mol. The van der Waals surface area contributed by atoms with Crippen LogP contribution in [-0.2, 0) is 4.79 Å². The number of hydrogen-bond donors (Lipinski definition) is 2. The molecule has 0 aromatic rings. The minimum Gasteiger partial charge on any atom is -0.480 e. The molecular weight excluding hydrogens is 256 g/mol. The number of carboxylic acids is 1. The number of aliphatic carboxylic acids is 1. The summed E-state index contributed by atoms with van der Waals surface area (Å²) in [4.78, 5) is 26.2.